The molecule has 0 bridgehead atoms. The van der Waals surface area contributed by atoms with Gasteiger partial charge in [0, 0.05) is 19.1 Å². The van der Waals surface area contributed by atoms with Gasteiger partial charge in [-0.2, -0.15) is 0 Å². The molecule has 0 aliphatic carbocycles. The number of hydrogen-bond acceptors (Lipinski definition) is 2. The van der Waals surface area contributed by atoms with Crippen molar-refractivity contribution in [3.8, 4) is 0 Å². The van der Waals surface area contributed by atoms with E-state index in [1.165, 1.54) is 28.8 Å². The van der Waals surface area contributed by atoms with Gasteiger partial charge in [-0.25, -0.2) is 4.39 Å². The maximum absolute atomic E-state index is 12.9. The van der Waals surface area contributed by atoms with Gasteiger partial charge in [-0.1, -0.05) is 41.5 Å². The van der Waals surface area contributed by atoms with Crippen LogP contribution in [0.3, 0.4) is 0 Å². The standard InChI is InChI=1S/C18H23FN2/c1-13-8-14(2)10-16(9-13)18(20)12-21(3)11-15-4-6-17(19)7-5-15/h4-10,18H,11-12,20H2,1-3H3. The number of likely N-dealkylation sites (N-methyl/N-ethyl adjacent to an activating group) is 1. The summed E-state index contributed by atoms with van der Waals surface area (Å²) in [5.41, 5.74) is 11.0. The molecule has 0 radical (unpaired) electrons. The Morgan fingerprint density at radius 1 is 1.05 bits per heavy atom. The molecule has 21 heavy (non-hydrogen) atoms. The summed E-state index contributed by atoms with van der Waals surface area (Å²) in [7, 11) is 2.03. The normalized spacial score (nSPS) is 12.7. The largest absolute Gasteiger partial charge is 0.323 e. The highest BCUT2D eigenvalue weighted by molar-refractivity contribution is 5.30. The molecular weight excluding hydrogens is 263 g/mol. The second kappa shape index (κ2) is 6.83. The molecule has 2 aromatic rings. The van der Waals surface area contributed by atoms with Crippen molar-refractivity contribution in [1.29, 1.82) is 0 Å². The smallest absolute Gasteiger partial charge is 0.123 e. The van der Waals surface area contributed by atoms with Crippen LogP contribution in [0.1, 0.15) is 28.3 Å². The number of benzene rings is 2. The second-order valence-corrected chi connectivity index (χ2v) is 5.85. The van der Waals surface area contributed by atoms with Gasteiger partial charge in [0.15, 0.2) is 0 Å². The topological polar surface area (TPSA) is 29.3 Å². The van der Waals surface area contributed by atoms with Gasteiger partial charge in [-0.15, -0.1) is 0 Å². The predicted molar refractivity (Wildman–Crippen MR) is 85.6 cm³/mol. The molecule has 2 aromatic carbocycles. The third-order valence-electron chi connectivity index (χ3n) is 3.55. The van der Waals surface area contributed by atoms with Gasteiger partial charge in [0.05, 0.1) is 0 Å². The molecule has 1 unspecified atom stereocenters. The van der Waals surface area contributed by atoms with Gasteiger partial charge < -0.3 is 10.6 Å². The third kappa shape index (κ3) is 4.66. The first-order chi connectivity index (χ1) is 9.94. The van der Waals surface area contributed by atoms with Crippen molar-refractivity contribution in [1.82, 2.24) is 4.90 Å². The van der Waals surface area contributed by atoms with Gasteiger partial charge >= 0.3 is 0 Å². The van der Waals surface area contributed by atoms with Crippen LogP contribution in [0.5, 0.6) is 0 Å². The highest BCUT2D eigenvalue weighted by Crippen LogP contribution is 2.17. The molecular formula is C18H23FN2. The first kappa shape index (κ1) is 15.7. The van der Waals surface area contributed by atoms with Crippen LogP contribution in [-0.4, -0.2) is 18.5 Å². The van der Waals surface area contributed by atoms with Crippen LogP contribution in [-0.2, 0) is 6.54 Å². The minimum Gasteiger partial charge on any atom is -0.323 e. The lowest BCUT2D eigenvalue weighted by atomic mass is 10.0. The summed E-state index contributed by atoms with van der Waals surface area (Å²) in [5, 5.41) is 0. The fraction of sp³-hybridized carbons (Fsp3) is 0.333. The van der Waals surface area contributed by atoms with E-state index in [1.807, 2.05) is 19.2 Å². The summed E-state index contributed by atoms with van der Waals surface area (Å²) in [4.78, 5) is 2.16. The van der Waals surface area contributed by atoms with Crippen LogP contribution >= 0.6 is 0 Å². The van der Waals surface area contributed by atoms with E-state index in [2.05, 4.69) is 36.9 Å². The lowest BCUT2D eigenvalue weighted by Crippen LogP contribution is -2.28. The molecule has 1 atom stereocenters. The highest BCUT2D eigenvalue weighted by atomic mass is 19.1. The van der Waals surface area contributed by atoms with Crippen LogP contribution in [0.2, 0.25) is 0 Å². The summed E-state index contributed by atoms with van der Waals surface area (Å²) < 4.78 is 12.9. The summed E-state index contributed by atoms with van der Waals surface area (Å²) in [6, 6.07) is 13.0. The molecule has 2 nitrogen and oxygen atoms in total. The molecule has 0 aliphatic heterocycles. The van der Waals surface area contributed by atoms with Crippen LogP contribution in [0.4, 0.5) is 4.39 Å². The van der Waals surface area contributed by atoms with Crippen LogP contribution in [0, 0.1) is 19.7 Å². The molecule has 3 heteroatoms. The molecule has 2 N–H and O–H groups in total. The molecule has 0 fully saturated rings. The third-order valence-corrected chi connectivity index (χ3v) is 3.55. The minimum atomic E-state index is -0.201. The average molecular weight is 286 g/mol. The van der Waals surface area contributed by atoms with Crippen LogP contribution in [0.15, 0.2) is 42.5 Å². The van der Waals surface area contributed by atoms with Gasteiger partial charge in [-0.05, 0) is 44.2 Å². The van der Waals surface area contributed by atoms with E-state index in [-0.39, 0.29) is 11.9 Å². The average Bonchev–Trinajstić information content (AvgIpc) is 2.40. The van der Waals surface area contributed by atoms with E-state index < -0.39 is 0 Å². The van der Waals surface area contributed by atoms with Crippen molar-refractivity contribution in [3.05, 3.63) is 70.5 Å². The summed E-state index contributed by atoms with van der Waals surface area (Å²) >= 11 is 0. The number of nitrogens with two attached hydrogens (primary N) is 1. The van der Waals surface area contributed by atoms with Gasteiger partial charge in [0.1, 0.15) is 5.82 Å². The molecule has 0 saturated carbocycles. The minimum absolute atomic E-state index is 0.0194. The molecule has 0 aromatic heterocycles. The number of nitrogens with zero attached hydrogens (tertiary/aromatic N) is 1. The first-order valence-corrected chi connectivity index (χ1v) is 7.21. The van der Waals surface area contributed by atoms with E-state index in [1.54, 1.807) is 0 Å². The molecule has 2 rings (SSSR count). The maximum Gasteiger partial charge on any atom is 0.123 e. The van der Waals surface area contributed by atoms with Crippen LogP contribution < -0.4 is 5.73 Å². The SMILES string of the molecule is Cc1cc(C)cc(C(N)CN(C)Cc2ccc(F)cc2)c1. The van der Waals surface area contributed by atoms with Gasteiger partial charge in [0.2, 0.25) is 0 Å². The lowest BCUT2D eigenvalue weighted by Gasteiger charge is -2.22. The number of halogens is 1. The molecule has 0 spiro atoms. The molecule has 112 valence electrons. The summed E-state index contributed by atoms with van der Waals surface area (Å²) in [5.74, 6) is -0.201. The van der Waals surface area contributed by atoms with Crippen molar-refractivity contribution >= 4 is 0 Å². The Morgan fingerprint density at radius 2 is 1.62 bits per heavy atom. The predicted octanol–water partition coefficient (Wildman–Crippen LogP) is 3.57. The van der Waals surface area contributed by atoms with Crippen molar-refractivity contribution in [3.63, 3.8) is 0 Å². The van der Waals surface area contributed by atoms with Crippen molar-refractivity contribution < 1.29 is 4.39 Å². The van der Waals surface area contributed by atoms with E-state index in [0.29, 0.717) is 0 Å². The van der Waals surface area contributed by atoms with E-state index in [0.717, 1.165) is 18.7 Å². The zero-order chi connectivity index (χ0) is 15.4. The Labute approximate surface area is 126 Å². The number of aryl methyl sites for hydroxylation is 2. The fourth-order valence-corrected chi connectivity index (χ4v) is 2.63. The molecule has 0 heterocycles. The Hall–Kier alpha value is -1.71. The van der Waals surface area contributed by atoms with Crippen molar-refractivity contribution in [2.75, 3.05) is 13.6 Å². The first-order valence-electron chi connectivity index (χ1n) is 7.21. The molecule has 0 aliphatic rings. The Morgan fingerprint density at radius 3 is 2.19 bits per heavy atom. The number of rotatable bonds is 5. The Balaban J connectivity index is 1.98. The van der Waals surface area contributed by atoms with Crippen LogP contribution in [0.25, 0.3) is 0 Å². The highest BCUT2D eigenvalue weighted by Gasteiger charge is 2.10. The van der Waals surface area contributed by atoms with Crippen molar-refractivity contribution in [2.24, 2.45) is 5.73 Å². The lowest BCUT2D eigenvalue weighted by molar-refractivity contribution is 0.305. The van der Waals surface area contributed by atoms with E-state index in [4.69, 9.17) is 5.73 Å². The van der Waals surface area contributed by atoms with Gasteiger partial charge in [0.25, 0.3) is 0 Å². The van der Waals surface area contributed by atoms with Gasteiger partial charge in [-0.3, -0.25) is 0 Å². The monoisotopic (exact) mass is 286 g/mol. The fourth-order valence-electron chi connectivity index (χ4n) is 2.63. The Kier molecular flexibility index (Phi) is 5.10. The Bertz CT molecular complexity index is 572. The summed E-state index contributed by atoms with van der Waals surface area (Å²) in [6.07, 6.45) is 0. The van der Waals surface area contributed by atoms with E-state index in [9.17, 15) is 4.39 Å². The second-order valence-electron chi connectivity index (χ2n) is 5.85. The van der Waals surface area contributed by atoms with E-state index >= 15 is 0 Å². The maximum atomic E-state index is 12.9. The zero-order valence-electron chi connectivity index (χ0n) is 12.9. The quantitative estimate of drug-likeness (QED) is 0.910. The number of hydrogen-bond donors (Lipinski definition) is 1. The molecule has 0 saturated heterocycles. The van der Waals surface area contributed by atoms with Crippen molar-refractivity contribution in [2.45, 2.75) is 26.4 Å². The zero-order valence-corrected chi connectivity index (χ0v) is 12.9. The molecule has 0 amide bonds. The summed E-state index contributed by atoms with van der Waals surface area (Å²) in [6.45, 7) is 5.70.